The van der Waals surface area contributed by atoms with Gasteiger partial charge in [-0.15, -0.1) is 0 Å². The number of pyridine rings is 1. The first-order valence-corrected chi connectivity index (χ1v) is 14.8. The predicted octanol–water partition coefficient (Wildman–Crippen LogP) is 10.5. The maximum atomic E-state index is 5.33. The Balaban J connectivity index is 1.33. The lowest BCUT2D eigenvalue weighted by atomic mass is 9.95. The van der Waals surface area contributed by atoms with Crippen LogP contribution in [0.4, 0.5) is 0 Å². The van der Waals surface area contributed by atoms with Gasteiger partial charge in [-0.3, -0.25) is 4.98 Å². The molecule has 0 aliphatic rings. The first kappa shape index (κ1) is 25.8. The van der Waals surface area contributed by atoms with Crippen molar-refractivity contribution in [3.8, 4) is 56.0 Å². The molecule has 0 radical (unpaired) electrons. The normalized spacial score (nSPS) is 11.2. The highest BCUT2D eigenvalue weighted by molar-refractivity contribution is 6.13. The van der Waals surface area contributed by atoms with Crippen LogP contribution in [-0.4, -0.2) is 15.0 Å². The molecule has 0 spiro atoms. The molecule has 0 saturated carbocycles. The molecule has 0 fully saturated rings. The van der Waals surface area contributed by atoms with Gasteiger partial charge in [-0.05, 0) is 62.0 Å². The van der Waals surface area contributed by atoms with Crippen molar-refractivity contribution in [2.75, 3.05) is 0 Å². The first-order chi connectivity index (χ1) is 21.8. The summed E-state index contributed by atoms with van der Waals surface area (Å²) in [5.41, 5.74) is 9.54. The van der Waals surface area contributed by atoms with Gasteiger partial charge in [0, 0.05) is 40.8 Å². The lowest BCUT2D eigenvalue weighted by Crippen LogP contribution is -1.97. The molecule has 8 aromatic rings. The van der Waals surface area contributed by atoms with E-state index < -0.39 is 0 Å². The Labute approximate surface area is 256 Å². The molecule has 206 valence electrons. The van der Waals surface area contributed by atoms with Crippen molar-refractivity contribution in [3.63, 3.8) is 0 Å². The van der Waals surface area contributed by atoms with Gasteiger partial charge >= 0.3 is 0 Å². The van der Waals surface area contributed by atoms with Gasteiger partial charge in [0.2, 0.25) is 0 Å². The molecular weight excluding hydrogens is 534 g/mol. The van der Waals surface area contributed by atoms with Crippen LogP contribution in [0.2, 0.25) is 0 Å². The Hall–Kier alpha value is -5.93. The average Bonchev–Trinajstić information content (AvgIpc) is 3.12. The Morgan fingerprint density at radius 3 is 1.86 bits per heavy atom. The van der Waals surface area contributed by atoms with Gasteiger partial charge in [-0.1, -0.05) is 127 Å². The molecule has 0 aliphatic carbocycles. The Bertz CT molecular complexity index is 2260. The van der Waals surface area contributed by atoms with Crippen molar-refractivity contribution >= 4 is 21.5 Å². The summed E-state index contributed by atoms with van der Waals surface area (Å²) < 4.78 is 0. The van der Waals surface area contributed by atoms with E-state index in [0.29, 0.717) is 5.82 Å². The van der Waals surface area contributed by atoms with Crippen molar-refractivity contribution < 1.29 is 0 Å². The minimum Gasteiger partial charge on any atom is -0.264 e. The molecular formula is C41H27N3. The second kappa shape index (κ2) is 11.0. The van der Waals surface area contributed by atoms with Crippen LogP contribution in [0.3, 0.4) is 0 Å². The number of hydrogen-bond acceptors (Lipinski definition) is 3. The third-order valence-electron chi connectivity index (χ3n) is 8.23. The van der Waals surface area contributed by atoms with Crippen LogP contribution in [0.5, 0.6) is 0 Å². The van der Waals surface area contributed by atoms with Crippen LogP contribution in [0.1, 0.15) is 0 Å². The molecule has 2 aromatic heterocycles. The number of nitrogens with zero attached hydrogens (tertiary/aromatic N) is 3. The van der Waals surface area contributed by atoms with Gasteiger partial charge in [0.15, 0.2) is 5.82 Å². The summed E-state index contributed by atoms with van der Waals surface area (Å²) in [5.74, 6) is 0.709. The number of hydrogen-bond donors (Lipinski definition) is 0. The summed E-state index contributed by atoms with van der Waals surface area (Å²) in [4.78, 5) is 14.7. The molecule has 3 heteroatoms. The van der Waals surface area contributed by atoms with Gasteiger partial charge in [0.25, 0.3) is 0 Å². The monoisotopic (exact) mass is 561 g/mol. The smallest absolute Gasteiger partial charge is 0.160 e. The molecule has 3 nitrogen and oxygen atoms in total. The highest BCUT2D eigenvalue weighted by Crippen LogP contribution is 2.38. The first-order valence-electron chi connectivity index (χ1n) is 14.8. The minimum atomic E-state index is 0.709. The molecule has 0 atom stereocenters. The summed E-state index contributed by atoms with van der Waals surface area (Å²) in [6, 6.07) is 51.0. The average molecular weight is 562 g/mol. The molecule has 0 N–H and O–H groups in total. The van der Waals surface area contributed by atoms with Gasteiger partial charge in [0.1, 0.15) is 0 Å². The molecule has 0 bridgehead atoms. The fraction of sp³-hybridized carbons (Fsp3) is 0. The number of fused-ring (bicyclic) bond motifs is 3. The second-order valence-corrected chi connectivity index (χ2v) is 10.9. The summed E-state index contributed by atoms with van der Waals surface area (Å²) in [6.07, 6.45) is 5.68. The maximum absolute atomic E-state index is 5.33. The van der Waals surface area contributed by atoms with E-state index in [2.05, 4.69) is 138 Å². The summed E-state index contributed by atoms with van der Waals surface area (Å²) in [6.45, 7) is 0. The Morgan fingerprint density at radius 2 is 1.05 bits per heavy atom. The fourth-order valence-corrected chi connectivity index (χ4v) is 6.03. The summed E-state index contributed by atoms with van der Waals surface area (Å²) >= 11 is 0. The number of rotatable bonds is 5. The highest BCUT2D eigenvalue weighted by atomic mass is 14.9. The highest BCUT2D eigenvalue weighted by Gasteiger charge is 2.16. The zero-order chi connectivity index (χ0) is 29.3. The van der Waals surface area contributed by atoms with Gasteiger partial charge in [0.05, 0.1) is 5.69 Å². The lowest BCUT2D eigenvalue weighted by Gasteiger charge is -2.15. The largest absolute Gasteiger partial charge is 0.264 e. The third kappa shape index (κ3) is 4.71. The van der Waals surface area contributed by atoms with E-state index in [-0.39, 0.29) is 0 Å². The van der Waals surface area contributed by atoms with Crippen molar-refractivity contribution in [2.45, 2.75) is 0 Å². The standard InChI is InChI=1S/C41H27N3/c1-2-10-28(11-3-1)29-19-21-30(22-20-29)40-39(32-14-8-13-31(24-32)34-15-9-23-42-26-34)27-43-41(44-40)38-25-33-12-4-5-16-35(33)36-17-6-7-18-37(36)38/h1-27H. The zero-order valence-corrected chi connectivity index (χ0v) is 23.9. The van der Waals surface area contributed by atoms with Crippen LogP contribution < -0.4 is 0 Å². The number of aromatic nitrogens is 3. The third-order valence-corrected chi connectivity index (χ3v) is 8.23. The van der Waals surface area contributed by atoms with Crippen LogP contribution >= 0.6 is 0 Å². The van der Waals surface area contributed by atoms with E-state index in [1.165, 1.54) is 27.3 Å². The van der Waals surface area contributed by atoms with Crippen molar-refractivity contribution in [1.82, 2.24) is 15.0 Å². The minimum absolute atomic E-state index is 0.709. The second-order valence-electron chi connectivity index (χ2n) is 10.9. The van der Waals surface area contributed by atoms with E-state index >= 15 is 0 Å². The molecule has 2 heterocycles. The molecule has 0 saturated heterocycles. The quantitative estimate of drug-likeness (QED) is 0.196. The van der Waals surface area contributed by atoms with E-state index in [0.717, 1.165) is 44.5 Å². The van der Waals surface area contributed by atoms with Gasteiger partial charge in [-0.25, -0.2) is 9.97 Å². The molecule has 6 aromatic carbocycles. The number of benzene rings is 6. The maximum Gasteiger partial charge on any atom is 0.160 e. The SMILES string of the molecule is c1ccc(-c2ccc(-c3nc(-c4cc5ccccc5c5ccccc45)ncc3-c3cccc(-c4cccnc4)c3)cc2)cc1. The Morgan fingerprint density at radius 1 is 0.386 bits per heavy atom. The molecule has 44 heavy (non-hydrogen) atoms. The molecule has 0 aliphatic heterocycles. The summed E-state index contributed by atoms with van der Waals surface area (Å²) in [5, 5.41) is 4.74. The van der Waals surface area contributed by atoms with Crippen molar-refractivity contribution in [3.05, 3.63) is 164 Å². The summed E-state index contributed by atoms with van der Waals surface area (Å²) in [7, 11) is 0. The van der Waals surface area contributed by atoms with Gasteiger partial charge < -0.3 is 0 Å². The molecule has 0 unspecified atom stereocenters. The van der Waals surface area contributed by atoms with E-state index in [4.69, 9.17) is 9.97 Å². The van der Waals surface area contributed by atoms with Crippen molar-refractivity contribution in [1.29, 1.82) is 0 Å². The fourth-order valence-electron chi connectivity index (χ4n) is 6.03. The van der Waals surface area contributed by atoms with E-state index in [1.807, 2.05) is 24.5 Å². The zero-order valence-electron chi connectivity index (χ0n) is 23.9. The molecule has 0 amide bonds. The van der Waals surface area contributed by atoms with E-state index in [9.17, 15) is 0 Å². The van der Waals surface area contributed by atoms with Gasteiger partial charge in [-0.2, -0.15) is 0 Å². The van der Waals surface area contributed by atoms with Crippen LogP contribution in [0.15, 0.2) is 164 Å². The van der Waals surface area contributed by atoms with Crippen molar-refractivity contribution in [2.24, 2.45) is 0 Å². The van der Waals surface area contributed by atoms with E-state index in [1.54, 1.807) is 6.20 Å². The Kier molecular flexibility index (Phi) is 6.47. The molecule has 8 rings (SSSR count). The van der Waals surface area contributed by atoms with Crippen LogP contribution in [0.25, 0.3) is 77.6 Å². The van der Waals surface area contributed by atoms with Crippen LogP contribution in [-0.2, 0) is 0 Å². The van der Waals surface area contributed by atoms with Crippen LogP contribution in [0, 0.1) is 0 Å². The topological polar surface area (TPSA) is 38.7 Å². The lowest BCUT2D eigenvalue weighted by molar-refractivity contribution is 1.19. The predicted molar refractivity (Wildman–Crippen MR) is 182 cm³/mol.